The summed E-state index contributed by atoms with van der Waals surface area (Å²) in [5.74, 6) is 0. The van der Waals surface area contributed by atoms with Crippen molar-refractivity contribution < 1.29 is 4.74 Å². The zero-order valence-electron chi connectivity index (χ0n) is 9.99. The molecule has 2 unspecified atom stereocenters. The van der Waals surface area contributed by atoms with Crippen LogP contribution in [-0.2, 0) is 17.6 Å². The van der Waals surface area contributed by atoms with Gasteiger partial charge >= 0.3 is 0 Å². The molecule has 0 spiro atoms. The summed E-state index contributed by atoms with van der Waals surface area (Å²) in [5.41, 5.74) is 8.47. The number of ether oxygens (including phenoxy) is 1. The topological polar surface area (TPSA) is 35.2 Å². The van der Waals surface area contributed by atoms with Crippen molar-refractivity contribution in [1.82, 2.24) is 0 Å². The molecular weight excluding hydrogens is 198 g/mol. The molecule has 88 valence electrons. The monoisotopic (exact) mass is 219 g/mol. The molecule has 1 aromatic carbocycles. The summed E-state index contributed by atoms with van der Waals surface area (Å²) >= 11 is 0. The van der Waals surface area contributed by atoms with E-state index >= 15 is 0 Å². The third kappa shape index (κ3) is 3.32. The lowest BCUT2D eigenvalue weighted by molar-refractivity contribution is 0.111. The first-order valence-corrected chi connectivity index (χ1v) is 6.19. The third-order valence-electron chi connectivity index (χ3n) is 3.07. The van der Waals surface area contributed by atoms with Gasteiger partial charge in [-0.05, 0) is 43.7 Å². The number of rotatable bonds is 4. The summed E-state index contributed by atoms with van der Waals surface area (Å²) < 4.78 is 5.63. The predicted octanol–water partition coefficient (Wildman–Crippen LogP) is 2.30. The van der Waals surface area contributed by atoms with E-state index in [0.717, 1.165) is 19.4 Å². The van der Waals surface area contributed by atoms with E-state index in [-0.39, 0.29) is 6.04 Å². The highest BCUT2D eigenvalue weighted by Crippen LogP contribution is 2.17. The van der Waals surface area contributed by atoms with Crippen molar-refractivity contribution >= 4 is 0 Å². The van der Waals surface area contributed by atoms with E-state index < -0.39 is 0 Å². The normalized spacial score (nSPS) is 22.2. The van der Waals surface area contributed by atoms with E-state index in [1.54, 1.807) is 0 Å². The Bertz CT molecular complexity index is 312. The average Bonchev–Trinajstić information content (AvgIpc) is 2.73. The molecule has 1 aliphatic heterocycles. The molecule has 16 heavy (non-hydrogen) atoms. The van der Waals surface area contributed by atoms with Crippen molar-refractivity contribution in [3.05, 3.63) is 35.4 Å². The molecule has 2 N–H and O–H groups in total. The van der Waals surface area contributed by atoms with Crippen LogP contribution in [0.4, 0.5) is 0 Å². The van der Waals surface area contributed by atoms with Gasteiger partial charge in [0.15, 0.2) is 0 Å². The molecule has 1 fully saturated rings. The summed E-state index contributed by atoms with van der Waals surface area (Å²) in [6.45, 7) is 2.98. The maximum absolute atomic E-state index is 5.77. The fourth-order valence-electron chi connectivity index (χ4n) is 2.25. The van der Waals surface area contributed by atoms with Gasteiger partial charge in [0.05, 0.1) is 6.10 Å². The molecular formula is C14H21NO. The highest BCUT2D eigenvalue weighted by Gasteiger charge is 2.15. The minimum Gasteiger partial charge on any atom is -0.378 e. The van der Waals surface area contributed by atoms with Crippen LogP contribution in [0.2, 0.25) is 0 Å². The number of hydrogen-bond acceptors (Lipinski definition) is 2. The van der Waals surface area contributed by atoms with Gasteiger partial charge in [0.2, 0.25) is 0 Å². The van der Waals surface area contributed by atoms with Crippen molar-refractivity contribution in [3.63, 3.8) is 0 Å². The van der Waals surface area contributed by atoms with Crippen molar-refractivity contribution in [2.24, 2.45) is 5.73 Å². The standard InChI is InChI=1S/C14H21NO/c1-11(15)9-12-4-6-13(7-5-12)10-14-3-2-8-16-14/h4-7,11,14H,2-3,8-10,15H2,1H3. The molecule has 2 rings (SSSR count). The Balaban J connectivity index is 1.90. The average molecular weight is 219 g/mol. The molecule has 1 saturated heterocycles. The van der Waals surface area contributed by atoms with Crippen molar-refractivity contribution in [2.75, 3.05) is 6.61 Å². The highest BCUT2D eigenvalue weighted by molar-refractivity contribution is 5.23. The van der Waals surface area contributed by atoms with Crippen LogP contribution in [0.15, 0.2) is 24.3 Å². The fraction of sp³-hybridized carbons (Fsp3) is 0.571. The van der Waals surface area contributed by atoms with E-state index in [4.69, 9.17) is 10.5 Å². The quantitative estimate of drug-likeness (QED) is 0.843. The van der Waals surface area contributed by atoms with Crippen LogP contribution in [0.1, 0.15) is 30.9 Å². The van der Waals surface area contributed by atoms with Gasteiger partial charge in [0, 0.05) is 12.6 Å². The highest BCUT2D eigenvalue weighted by atomic mass is 16.5. The van der Waals surface area contributed by atoms with Crippen LogP contribution >= 0.6 is 0 Å². The lowest BCUT2D eigenvalue weighted by atomic mass is 10.0. The van der Waals surface area contributed by atoms with E-state index in [9.17, 15) is 0 Å². The first kappa shape index (κ1) is 11.6. The first-order valence-electron chi connectivity index (χ1n) is 6.19. The Morgan fingerprint density at radius 2 is 2.00 bits per heavy atom. The van der Waals surface area contributed by atoms with Crippen LogP contribution in [0.5, 0.6) is 0 Å². The van der Waals surface area contributed by atoms with Gasteiger partial charge in [-0.3, -0.25) is 0 Å². The molecule has 2 heteroatoms. The van der Waals surface area contributed by atoms with Crippen LogP contribution < -0.4 is 5.73 Å². The smallest absolute Gasteiger partial charge is 0.0616 e. The van der Waals surface area contributed by atoms with E-state index in [1.165, 1.54) is 24.0 Å². The zero-order chi connectivity index (χ0) is 11.4. The Kier molecular flexibility index (Phi) is 3.97. The van der Waals surface area contributed by atoms with Crippen LogP contribution in [0.25, 0.3) is 0 Å². The second kappa shape index (κ2) is 5.46. The van der Waals surface area contributed by atoms with Gasteiger partial charge in [-0.25, -0.2) is 0 Å². The number of benzene rings is 1. The van der Waals surface area contributed by atoms with E-state index in [0.29, 0.717) is 6.10 Å². The van der Waals surface area contributed by atoms with Gasteiger partial charge in [-0.2, -0.15) is 0 Å². The minimum atomic E-state index is 0.240. The largest absolute Gasteiger partial charge is 0.378 e. The van der Waals surface area contributed by atoms with Crippen LogP contribution in [-0.4, -0.2) is 18.8 Å². The molecule has 0 radical (unpaired) electrons. The van der Waals surface area contributed by atoms with Crippen LogP contribution in [0, 0.1) is 0 Å². The van der Waals surface area contributed by atoms with Crippen LogP contribution in [0.3, 0.4) is 0 Å². The molecule has 0 aliphatic carbocycles. The molecule has 0 bridgehead atoms. The van der Waals surface area contributed by atoms with Crippen molar-refractivity contribution in [3.8, 4) is 0 Å². The molecule has 1 heterocycles. The lowest BCUT2D eigenvalue weighted by Crippen LogP contribution is -2.17. The Morgan fingerprint density at radius 1 is 1.31 bits per heavy atom. The second-order valence-corrected chi connectivity index (χ2v) is 4.84. The Labute approximate surface area is 97.8 Å². The van der Waals surface area contributed by atoms with E-state index in [1.807, 2.05) is 6.92 Å². The first-order chi connectivity index (χ1) is 7.74. The lowest BCUT2D eigenvalue weighted by Gasteiger charge is -2.10. The Hall–Kier alpha value is -0.860. The molecule has 2 atom stereocenters. The zero-order valence-corrected chi connectivity index (χ0v) is 9.99. The molecule has 0 saturated carbocycles. The fourth-order valence-corrected chi connectivity index (χ4v) is 2.25. The minimum absolute atomic E-state index is 0.240. The van der Waals surface area contributed by atoms with E-state index in [2.05, 4.69) is 24.3 Å². The molecule has 0 amide bonds. The van der Waals surface area contributed by atoms with Gasteiger partial charge in [-0.15, -0.1) is 0 Å². The van der Waals surface area contributed by atoms with Crippen molar-refractivity contribution in [1.29, 1.82) is 0 Å². The Morgan fingerprint density at radius 3 is 2.56 bits per heavy atom. The molecule has 0 aromatic heterocycles. The summed E-state index contributed by atoms with van der Waals surface area (Å²) in [6, 6.07) is 9.03. The predicted molar refractivity (Wildman–Crippen MR) is 66.5 cm³/mol. The third-order valence-corrected chi connectivity index (χ3v) is 3.07. The molecule has 1 aromatic rings. The summed E-state index contributed by atoms with van der Waals surface area (Å²) in [7, 11) is 0. The summed E-state index contributed by atoms with van der Waals surface area (Å²) in [4.78, 5) is 0. The summed E-state index contributed by atoms with van der Waals surface area (Å²) in [6.07, 6.45) is 4.88. The maximum atomic E-state index is 5.77. The molecule has 2 nitrogen and oxygen atoms in total. The van der Waals surface area contributed by atoms with Crippen molar-refractivity contribution in [2.45, 2.75) is 44.8 Å². The SMILES string of the molecule is CC(N)Cc1ccc(CC2CCCO2)cc1. The molecule has 1 aliphatic rings. The van der Waals surface area contributed by atoms with Gasteiger partial charge in [0.25, 0.3) is 0 Å². The summed E-state index contributed by atoms with van der Waals surface area (Å²) in [5, 5.41) is 0. The van der Waals surface area contributed by atoms with Gasteiger partial charge < -0.3 is 10.5 Å². The number of hydrogen-bond donors (Lipinski definition) is 1. The van der Waals surface area contributed by atoms with Gasteiger partial charge in [0.1, 0.15) is 0 Å². The number of nitrogens with two attached hydrogens (primary N) is 1. The second-order valence-electron chi connectivity index (χ2n) is 4.84. The maximum Gasteiger partial charge on any atom is 0.0616 e. The van der Waals surface area contributed by atoms with Gasteiger partial charge in [-0.1, -0.05) is 24.3 Å².